The van der Waals surface area contributed by atoms with Gasteiger partial charge in [0.1, 0.15) is 0 Å². The van der Waals surface area contributed by atoms with Crippen molar-refractivity contribution in [2.45, 2.75) is 32.1 Å². The van der Waals surface area contributed by atoms with E-state index in [1.807, 2.05) is 23.9 Å². The van der Waals surface area contributed by atoms with Crippen LogP contribution < -0.4 is 5.48 Å². The Bertz CT molecular complexity index is 458. The molecule has 0 bridgehead atoms. The van der Waals surface area contributed by atoms with Crippen molar-refractivity contribution in [3.05, 3.63) is 22.4 Å². The maximum atomic E-state index is 11.9. The molecule has 0 spiro atoms. The van der Waals surface area contributed by atoms with Gasteiger partial charge >= 0.3 is 6.03 Å². The van der Waals surface area contributed by atoms with Gasteiger partial charge < -0.3 is 14.2 Å². The number of carbonyl (C=O) groups excluding carboxylic acids is 1. The molecule has 1 aliphatic rings. The molecule has 1 aromatic heterocycles. The van der Waals surface area contributed by atoms with Crippen molar-refractivity contribution in [1.82, 2.24) is 14.9 Å². The summed E-state index contributed by atoms with van der Waals surface area (Å²) in [6.07, 6.45) is 4.55. The molecule has 0 unspecified atom stereocenters. The molecule has 1 N–H and O–H groups in total. The number of rotatable bonds is 4. The quantitative estimate of drug-likeness (QED) is 0.852. The van der Waals surface area contributed by atoms with E-state index in [-0.39, 0.29) is 12.3 Å². The van der Waals surface area contributed by atoms with Crippen molar-refractivity contribution < 1.29 is 14.4 Å². The first-order valence-electron chi connectivity index (χ1n) is 6.65. The van der Waals surface area contributed by atoms with Crippen LogP contribution in [0.25, 0.3) is 0 Å². The largest absolute Gasteiger partial charge is 0.352 e. The molecule has 2 rings (SSSR count). The molecule has 2 heterocycles. The van der Waals surface area contributed by atoms with Crippen molar-refractivity contribution in [2.75, 3.05) is 13.7 Å². The van der Waals surface area contributed by atoms with Gasteiger partial charge in [-0.3, -0.25) is 0 Å². The summed E-state index contributed by atoms with van der Waals surface area (Å²) in [7, 11) is 3.67. The molecule has 1 fully saturated rings. The van der Waals surface area contributed by atoms with Gasteiger partial charge in [-0.2, -0.15) is 0 Å². The number of urea groups is 1. The molecule has 7 heteroatoms. The lowest BCUT2D eigenvalue weighted by molar-refractivity contribution is -0.187. The number of hydrogen-bond acceptors (Lipinski definition) is 3. The smallest absolute Gasteiger partial charge is 0.341 e. The fourth-order valence-corrected chi connectivity index (χ4v) is 2.61. The molecule has 20 heavy (non-hydrogen) atoms. The topological polar surface area (TPSA) is 55.7 Å². The van der Waals surface area contributed by atoms with Crippen molar-refractivity contribution in [2.24, 2.45) is 7.05 Å². The van der Waals surface area contributed by atoms with Crippen LogP contribution in [-0.4, -0.2) is 35.4 Å². The Balaban J connectivity index is 1.78. The van der Waals surface area contributed by atoms with Crippen LogP contribution in [-0.2, 0) is 23.2 Å². The molecule has 2 amide bonds. The first-order valence-corrected chi connectivity index (χ1v) is 7.44. The third-order valence-electron chi connectivity index (χ3n) is 3.24. The Hall–Kier alpha value is -1.05. The highest BCUT2D eigenvalue weighted by atomic mass is 79.9. The van der Waals surface area contributed by atoms with Gasteiger partial charge in [-0.25, -0.2) is 15.1 Å². The van der Waals surface area contributed by atoms with E-state index in [1.165, 1.54) is 0 Å². The average molecular weight is 346 g/mol. The second kappa shape index (κ2) is 7.10. The van der Waals surface area contributed by atoms with E-state index in [0.717, 1.165) is 29.4 Å². The van der Waals surface area contributed by atoms with Gasteiger partial charge in [0.25, 0.3) is 0 Å². The van der Waals surface area contributed by atoms with E-state index >= 15 is 0 Å². The number of nitrogens with one attached hydrogen (secondary N) is 1. The van der Waals surface area contributed by atoms with Crippen LogP contribution in [0.2, 0.25) is 0 Å². The van der Waals surface area contributed by atoms with E-state index in [2.05, 4.69) is 21.4 Å². The molecule has 0 saturated carbocycles. The van der Waals surface area contributed by atoms with Gasteiger partial charge in [-0.05, 0) is 34.8 Å². The molecule has 1 atom stereocenters. The number of nitrogens with zero attached hydrogens (tertiary/aromatic N) is 2. The Kier molecular flexibility index (Phi) is 5.45. The molecule has 1 aliphatic heterocycles. The second-order valence-corrected chi connectivity index (χ2v) is 5.85. The third-order valence-corrected chi connectivity index (χ3v) is 3.67. The summed E-state index contributed by atoms with van der Waals surface area (Å²) in [4.78, 5) is 18.7. The first kappa shape index (κ1) is 15.3. The number of aromatic nitrogens is 1. The number of aryl methyl sites for hydroxylation is 1. The standard InChI is InChI=1S/C13H20BrN3O3/c1-16-8-10(14)7-11(16)9-17(2)13(18)15-20-12-5-3-4-6-19-12/h7-8,12H,3-6,9H2,1-2H3,(H,15,18)/t12-/m0/s1. The zero-order chi connectivity index (χ0) is 14.5. The fourth-order valence-electron chi connectivity index (χ4n) is 2.04. The molecule has 0 aromatic carbocycles. The molecule has 6 nitrogen and oxygen atoms in total. The van der Waals surface area contributed by atoms with E-state index in [9.17, 15) is 4.79 Å². The number of carbonyl (C=O) groups is 1. The summed E-state index contributed by atoms with van der Waals surface area (Å²) in [5.41, 5.74) is 3.47. The van der Waals surface area contributed by atoms with Gasteiger partial charge in [0, 0.05) is 43.5 Å². The van der Waals surface area contributed by atoms with E-state index < -0.39 is 0 Å². The Labute approximate surface area is 127 Å². The Morgan fingerprint density at radius 1 is 1.65 bits per heavy atom. The number of amides is 2. The molecule has 1 saturated heterocycles. The van der Waals surface area contributed by atoms with Gasteiger partial charge in [0.05, 0.1) is 6.54 Å². The summed E-state index contributed by atoms with van der Waals surface area (Å²) in [6.45, 7) is 1.19. The van der Waals surface area contributed by atoms with Gasteiger partial charge in [0.2, 0.25) is 0 Å². The zero-order valence-corrected chi connectivity index (χ0v) is 13.4. The maximum absolute atomic E-state index is 11.9. The highest BCUT2D eigenvalue weighted by Crippen LogP contribution is 2.15. The number of halogens is 1. The van der Waals surface area contributed by atoms with Crippen molar-refractivity contribution in [3.8, 4) is 0 Å². The van der Waals surface area contributed by atoms with Crippen molar-refractivity contribution in [1.29, 1.82) is 0 Å². The summed E-state index contributed by atoms with van der Waals surface area (Å²) >= 11 is 3.41. The van der Waals surface area contributed by atoms with E-state index in [0.29, 0.717) is 13.2 Å². The minimum Gasteiger partial charge on any atom is -0.352 e. The maximum Gasteiger partial charge on any atom is 0.341 e. The predicted octanol–water partition coefficient (Wildman–Crippen LogP) is 2.39. The van der Waals surface area contributed by atoms with Crippen LogP contribution in [0.4, 0.5) is 4.79 Å². The minimum atomic E-state index is -0.328. The molecular weight excluding hydrogens is 326 g/mol. The van der Waals surface area contributed by atoms with Gasteiger partial charge in [-0.1, -0.05) is 0 Å². The van der Waals surface area contributed by atoms with Crippen LogP contribution in [0.1, 0.15) is 25.0 Å². The summed E-state index contributed by atoms with van der Waals surface area (Å²) in [5.74, 6) is 0. The summed E-state index contributed by atoms with van der Waals surface area (Å²) in [6, 6.07) is 1.70. The number of ether oxygens (including phenoxy) is 1. The van der Waals surface area contributed by atoms with Crippen LogP contribution >= 0.6 is 15.9 Å². The Morgan fingerprint density at radius 2 is 2.45 bits per heavy atom. The van der Waals surface area contributed by atoms with Crippen LogP contribution in [0.5, 0.6) is 0 Å². The van der Waals surface area contributed by atoms with Crippen LogP contribution in [0, 0.1) is 0 Å². The second-order valence-electron chi connectivity index (χ2n) is 4.94. The Morgan fingerprint density at radius 3 is 3.05 bits per heavy atom. The summed E-state index contributed by atoms with van der Waals surface area (Å²) in [5, 5.41) is 0. The highest BCUT2D eigenvalue weighted by molar-refractivity contribution is 9.10. The SMILES string of the molecule is CN(Cc1cc(Br)cn1C)C(=O)NO[C@H]1CCCCO1. The third kappa shape index (κ3) is 4.22. The minimum absolute atomic E-state index is 0.281. The lowest BCUT2D eigenvalue weighted by atomic mass is 10.2. The van der Waals surface area contributed by atoms with Crippen molar-refractivity contribution >= 4 is 22.0 Å². The molecule has 0 aliphatic carbocycles. The number of hydroxylamine groups is 1. The molecular formula is C13H20BrN3O3. The highest BCUT2D eigenvalue weighted by Gasteiger charge is 2.17. The normalized spacial score (nSPS) is 18.9. The van der Waals surface area contributed by atoms with Crippen LogP contribution in [0.3, 0.4) is 0 Å². The lowest BCUT2D eigenvalue weighted by Crippen LogP contribution is -2.40. The molecule has 112 valence electrons. The zero-order valence-electron chi connectivity index (χ0n) is 11.8. The van der Waals surface area contributed by atoms with Crippen molar-refractivity contribution in [3.63, 3.8) is 0 Å². The monoisotopic (exact) mass is 345 g/mol. The predicted molar refractivity (Wildman–Crippen MR) is 77.8 cm³/mol. The fraction of sp³-hybridized carbons (Fsp3) is 0.615. The first-order chi connectivity index (χ1) is 9.56. The van der Waals surface area contributed by atoms with Gasteiger partial charge in [-0.15, -0.1) is 0 Å². The number of hydrogen-bond donors (Lipinski definition) is 1. The summed E-state index contributed by atoms with van der Waals surface area (Å²) < 4.78 is 8.35. The van der Waals surface area contributed by atoms with Crippen LogP contribution in [0.15, 0.2) is 16.7 Å². The van der Waals surface area contributed by atoms with E-state index in [4.69, 9.17) is 9.57 Å². The van der Waals surface area contributed by atoms with Gasteiger partial charge in [0.15, 0.2) is 6.29 Å². The lowest BCUT2D eigenvalue weighted by Gasteiger charge is -2.24. The molecule has 1 aromatic rings. The van der Waals surface area contributed by atoms with E-state index in [1.54, 1.807) is 11.9 Å². The molecule has 0 radical (unpaired) electrons. The average Bonchev–Trinajstić information content (AvgIpc) is 2.75.